The van der Waals surface area contributed by atoms with E-state index >= 15 is 0 Å². The lowest BCUT2D eigenvalue weighted by Gasteiger charge is -2.46. The van der Waals surface area contributed by atoms with Gasteiger partial charge < -0.3 is 22.5 Å². The van der Waals surface area contributed by atoms with Gasteiger partial charge in [0.05, 0.1) is 28.4 Å². The Morgan fingerprint density at radius 2 is 1.90 bits per heavy atom. The van der Waals surface area contributed by atoms with Crippen molar-refractivity contribution in [2.24, 2.45) is 17.2 Å². The maximum absolute atomic E-state index is 13.9. The van der Waals surface area contributed by atoms with E-state index in [9.17, 15) is 19.7 Å². The van der Waals surface area contributed by atoms with E-state index in [2.05, 4.69) is 10.6 Å². The number of carbonyl (C=O) groups excluding carboxylic acids is 2. The van der Waals surface area contributed by atoms with Crippen LogP contribution in [0.4, 0.5) is 11.4 Å². The minimum atomic E-state index is -0.983. The maximum Gasteiger partial charge on any atom is 0.270 e. The summed E-state index contributed by atoms with van der Waals surface area (Å²) in [6, 6.07) is 11.2. The van der Waals surface area contributed by atoms with E-state index in [-0.39, 0.29) is 29.3 Å². The molecule has 1 unspecified atom stereocenters. The molecule has 0 saturated carbocycles. The van der Waals surface area contributed by atoms with Crippen LogP contribution in [-0.4, -0.2) is 53.4 Å². The Bertz CT molecular complexity index is 1180. The van der Waals surface area contributed by atoms with Crippen LogP contribution >= 0.6 is 0 Å². The van der Waals surface area contributed by atoms with Crippen LogP contribution in [0.5, 0.6) is 0 Å². The highest BCUT2D eigenvalue weighted by Crippen LogP contribution is 2.35. The number of nitrogens with zero attached hydrogens (tertiary/aromatic N) is 2. The summed E-state index contributed by atoms with van der Waals surface area (Å²) in [5.74, 6) is -1.10. The zero-order valence-electron chi connectivity index (χ0n) is 22.2. The van der Waals surface area contributed by atoms with Gasteiger partial charge in [0.15, 0.2) is 11.7 Å². The number of rotatable bonds is 12. The summed E-state index contributed by atoms with van der Waals surface area (Å²) in [5, 5.41) is 25.0. The molecular formula is C27H38N8O4. The fourth-order valence-corrected chi connectivity index (χ4v) is 4.88. The van der Waals surface area contributed by atoms with Gasteiger partial charge in [0.25, 0.3) is 5.69 Å². The number of hydrogen-bond donors (Lipinski definition) is 6. The Kier molecular flexibility index (Phi) is 10.1. The van der Waals surface area contributed by atoms with Gasteiger partial charge in [-0.3, -0.25) is 35.3 Å². The minimum absolute atomic E-state index is 0.0000240. The quantitative estimate of drug-likeness (QED) is 0.0580. The molecule has 1 amide bonds. The van der Waals surface area contributed by atoms with Gasteiger partial charge in [-0.25, -0.2) is 0 Å². The molecule has 9 N–H and O–H groups in total. The monoisotopic (exact) mass is 538 g/mol. The van der Waals surface area contributed by atoms with Gasteiger partial charge in [0.2, 0.25) is 5.91 Å². The van der Waals surface area contributed by atoms with Gasteiger partial charge in [0.1, 0.15) is 0 Å². The topological polar surface area (TPSA) is 206 Å². The first kappa shape index (κ1) is 29.7. The van der Waals surface area contributed by atoms with Crippen LogP contribution in [0, 0.1) is 15.5 Å². The third-order valence-electron chi connectivity index (χ3n) is 6.97. The Hall–Kier alpha value is -3.87. The summed E-state index contributed by atoms with van der Waals surface area (Å²) in [5.41, 5.74) is 17.9. The van der Waals surface area contributed by atoms with Crippen molar-refractivity contribution in [3.63, 3.8) is 0 Å². The number of nitro benzene ring substituents is 1. The lowest BCUT2D eigenvalue weighted by Crippen LogP contribution is -2.64. The van der Waals surface area contributed by atoms with Crippen molar-refractivity contribution >= 4 is 29.0 Å². The van der Waals surface area contributed by atoms with E-state index in [4.69, 9.17) is 22.6 Å². The molecule has 3 atom stereocenters. The molecule has 2 aromatic rings. The summed E-state index contributed by atoms with van der Waals surface area (Å²) in [6.45, 7) is 2.90. The van der Waals surface area contributed by atoms with Crippen LogP contribution in [0.15, 0.2) is 48.5 Å². The molecule has 12 heteroatoms. The molecule has 0 spiro atoms. The molecule has 1 aliphatic heterocycles. The third kappa shape index (κ3) is 7.59. The molecule has 210 valence electrons. The van der Waals surface area contributed by atoms with Crippen molar-refractivity contribution in [1.29, 1.82) is 5.41 Å². The molecular weight excluding hydrogens is 500 g/mol. The van der Waals surface area contributed by atoms with Gasteiger partial charge in [-0.2, -0.15) is 0 Å². The van der Waals surface area contributed by atoms with E-state index in [1.165, 1.54) is 23.1 Å². The molecule has 12 nitrogen and oxygen atoms in total. The summed E-state index contributed by atoms with van der Waals surface area (Å²) < 4.78 is 0. The zero-order chi connectivity index (χ0) is 28.6. The molecule has 0 bridgehead atoms. The predicted octanol–water partition coefficient (Wildman–Crippen LogP) is 1.76. The molecule has 0 radical (unpaired) electrons. The van der Waals surface area contributed by atoms with Crippen LogP contribution < -0.4 is 32.7 Å². The number of piperidine rings is 1. The third-order valence-corrected chi connectivity index (χ3v) is 6.97. The molecule has 1 heterocycles. The first-order valence-corrected chi connectivity index (χ1v) is 13.1. The van der Waals surface area contributed by atoms with E-state index in [1.54, 1.807) is 0 Å². The van der Waals surface area contributed by atoms with Gasteiger partial charge in [-0.05, 0) is 63.6 Å². The molecule has 39 heavy (non-hydrogen) atoms. The van der Waals surface area contributed by atoms with Gasteiger partial charge in [-0.15, -0.1) is 0 Å². The summed E-state index contributed by atoms with van der Waals surface area (Å²) in [7, 11) is 0. The van der Waals surface area contributed by atoms with Crippen molar-refractivity contribution < 1.29 is 14.5 Å². The summed E-state index contributed by atoms with van der Waals surface area (Å²) in [4.78, 5) is 40.2. The number of carbonyl (C=O) groups is 2. The number of ketones is 1. The van der Waals surface area contributed by atoms with Crippen molar-refractivity contribution in [2.75, 3.05) is 18.0 Å². The summed E-state index contributed by atoms with van der Waals surface area (Å²) >= 11 is 0. The van der Waals surface area contributed by atoms with Gasteiger partial charge in [-0.1, -0.05) is 30.3 Å². The smallest absolute Gasteiger partial charge is 0.270 e. The summed E-state index contributed by atoms with van der Waals surface area (Å²) in [6.07, 6.45) is 3.38. The Morgan fingerprint density at radius 1 is 1.18 bits per heavy atom. The van der Waals surface area contributed by atoms with Crippen LogP contribution in [-0.2, 0) is 11.2 Å². The number of nitro groups is 1. The van der Waals surface area contributed by atoms with Gasteiger partial charge in [0, 0.05) is 24.2 Å². The molecule has 2 aromatic carbocycles. The number of guanidine groups is 1. The number of benzene rings is 2. The molecule has 1 saturated heterocycles. The fraction of sp³-hybridized carbons (Fsp3) is 0.444. The highest BCUT2D eigenvalue weighted by atomic mass is 16.6. The van der Waals surface area contributed by atoms with Crippen molar-refractivity contribution in [3.05, 3.63) is 69.8 Å². The SMILES string of the molecule is CC1(N(C(=O)[C@@H](N)CCCNC(=N)N)c2ccc([N+](=O)[O-])cc2C(=O)[C@H](N)Cc2ccccc2)CCCCN1. The maximum atomic E-state index is 13.9. The largest absolute Gasteiger partial charge is 0.370 e. The molecule has 1 aliphatic rings. The standard InChI is InChI=1S/C27H38N8O4/c1-27(13-5-6-15-33-27)34(25(37)21(28)10-7-14-32-26(30)31)23-12-11-19(35(38)39)17-20(23)24(36)22(29)16-18-8-3-2-4-9-18/h2-4,8-9,11-12,17,21-22,33H,5-7,10,13-16,28-29H2,1H3,(H4,30,31,32)/t21-,22+,27?/m0/s1. The molecule has 0 aromatic heterocycles. The van der Waals surface area contributed by atoms with Crippen molar-refractivity contribution in [1.82, 2.24) is 10.6 Å². The lowest BCUT2D eigenvalue weighted by molar-refractivity contribution is -0.384. The Labute approximate surface area is 227 Å². The first-order chi connectivity index (χ1) is 18.5. The second-order valence-corrected chi connectivity index (χ2v) is 10.0. The number of nitrogens with two attached hydrogens (primary N) is 3. The first-order valence-electron chi connectivity index (χ1n) is 13.1. The average Bonchev–Trinajstić information content (AvgIpc) is 2.91. The number of hydrogen-bond acceptors (Lipinski definition) is 8. The van der Waals surface area contributed by atoms with E-state index in [0.29, 0.717) is 32.4 Å². The minimum Gasteiger partial charge on any atom is -0.370 e. The number of Topliss-reactive ketones (excluding diaryl/α,β-unsaturated/α-hetero) is 1. The molecule has 0 aliphatic carbocycles. The van der Waals surface area contributed by atoms with Crippen molar-refractivity contribution in [2.45, 2.75) is 63.2 Å². The van der Waals surface area contributed by atoms with Crippen molar-refractivity contribution in [3.8, 4) is 0 Å². The number of non-ortho nitro benzene ring substituents is 1. The highest BCUT2D eigenvalue weighted by Gasteiger charge is 2.41. The van der Waals surface area contributed by atoms with Crippen LogP contribution in [0.25, 0.3) is 0 Å². The zero-order valence-corrected chi connectivity index (χ0v) is 22.2. The second-order valence-electron chi connectivity index (χ2n) is 10.0. The molecule has 3 rings (SSSR count). The molecule has 1 fully saturated rings. The fourth-order valence-electron chi connectivity index (χ4n) is 4.88. The number of nitrogens with one attached hydrogen (secondary N) is 3. The Balaban J connectivity index is 2.02. The van der Waals surface area contributed by atoms with Gasteiger partial charge >= 0.3 is 0 Å². The van der Waals surface area contributed by atoms with Crippen LogP contribution in [0.3, 0.4) is 0 Å². The Morgan fingerprint density at radius 3 is 2.51 bits per heavy atom. The van der Waals surface area contributed by atoms with Crippen LogP contribution in [0.1, 0.15) is 54.9 Å². The second kappa shape index (κ2) is 13.3. The average molecular weight is 539 g/mol. The predicted molar refractivity (Wildman–Crippen MR) is 150 cm³/mol. The lowest BCUT2D eigenvalue weighted by atomic mass is 9.92. The van der Waals surface area contributed by atoms with Crippen LogP contribution in [0.2, 0.25) is 0 Å². The van der Waals surface area contributed by atoms with E-state index in [1.807, 2.05) is 37.3 Å². The van der Waals surface area contributed by atoms with E-state index in [0.717, 1.165) is 18.4 Å². The normalized spacial score (nSPS) is 18.5. The highest BCUT2D eigenvalue weighted by molar-refractivity contribution is 6.09. The number of amides is 1. The number of anilines is 1. The van der Waals surface area contributed by atoms with E-state index < -0.39 is 34.4 Å².